The van der Waals surface area contributed by atoms with Crippen LogP contribution in [0.4, 0.5) is 4.79 Å². The van der Waals surface area contributed by atoms with Crippen LogP contribution in [0.1, 0.15) is 80.1 Å². The van der Waals surface area contributed by atoms with Crippen LogP contribution < -0.4 is 5.32 Å². The second-order valence-electron chi connectivity index (χ2n) is 12.6. The first kappa shape index (κ1) is 23.4. The molecule has 7 nitrogen and oxygen atoms in total. The zero-order chi connectivity index (χ0) is 23.6. The SMILES string of the molecule is CC1CC2CC(C)(O)CC([C@H](NC(=O)OC(C)(C)C)C(=O)N3[C@H]4[C@@H](C)[C@H]4C[C@H]3C#N)(C1)C2. The number of likely N-dealkylation sites (tertiary alicyclic amines) is 1. The predicted molar refractivity (Wildman–Crippen MR) is 119 cm³/mol. The van der Waals surface area contributed by atoms with Crippen molar-refractivity contribution < 1.29 is 19.4 Å². The summed E-state index contributed by atoms with van der Waals surface area (Å²) in [5.74, 6) is 1.30. The van der Waals surface area contributed by atoms with Gasteiger partial charge in [0.2, 0.25) is 5.91 Å². The Labute approximate surface area is 191 Å². The molecule has 9 atom stereocenters. The van der Waals surface area contributed by atoms with Gasteiger partial charge >= 0.3 is 6.09 Å². The molecule has 4 rings (SSSR count). The molecule has 0 radical (unpaired) electrons. The minimum Gasteiger partial charge on any atom is -0.444 e. The summed E-state index contributed by atoms with van der Waals surface area (Å²) in [6.07, 6.45) is 3.86. The molecule has 4 fully saturated rings. The molecule has 0 spiro atoms. The predicted octanol–water partition coefficient (Wildman–Crippen LogP) is 3.61. The molecule has 1 saturated heterocycles. The molecule has 1 heterocycles. The fourth-order valence-corrected chi connectivity index (χ4v) is 7.56. The molecule has 2 amide bonds. The monoisotopic (exact) mass is 445 g/mol. The van der Waals surface area contributed by atoms with Gasteiger partial charge in [-0.1, -0.05) is 13.8 Å². The summed E-state index contributed by atoms with van der Waals surface area (Å²) in [4.78, 5) is 28.8. The molecule has 1 aliphatic heterocycles. The number of carbonyl (C=O) groups is 2. The van der Waals surface area contributed by atoms with Crippen molar-refractivity contribution in [2.24, 2.45) is 29.1 Å². The van der Waals surface area contributed by atoms with Crippen LogP contribution in [0.25, 0.3) is 0 Å². The molecule has 0 aromatic carbocycles. The van der Waals surface area contributed by atoms with E-state index in [2.05, 4.69) is 25.2 Å². The maximum atomic E-state index is 14.1. The zero-order valence-corrected chi connectivity index (χ0v) is 20.4. The van der Waals surface area contributed by atoms with Crippen LogP contribution in [0, 0.1) is 40.4 Å². The van der Waals surface area contributed by atoms with E-state index in [4.69, 9.17) is 4.74 Å². The van der Waals surface area contributed by atoms with Crippen LogP contribution in [0.5, 0.6) is 0 Å². The molecule has 7 heteroatoms. The van der Waals surface area contributed by atoms with E-state index in [0.29, 0.717) is 36.5 Å². The molecular weight excluding hydrogens is 406 g/mol. The van der Waals surface area contributed by atoms with Crippen LogP contribution in [0.2, 0.25) is 0 Å². The number of piperidine rings is 1. The number of hydrogen-bond donors (Lipinski definition) is 2. The Balaban J connectivity index is 1.70. The lowest BCUT2D eigenvalue weighted by Crippen LogP contribution is -2.63. The van der Waals surface area contributed by atoms with Gasteiger partial charge in [0, 0.05) is 11.5 Å². The molecule has 0 aromatic heterocycles. The summed E-state index contributed by atoms with van der Waals surface area (Å²) < 4.78 is 5.55. The Hall–Kier alpha value is -1.81. The third kappa shape index (κ3) is 4.23. The van der Waals surface area contributed by atoms with Gasteiger partial charge in [-0.05, 0) is 89.9 Å². The lowest BCUT2D eigenvalue weighted by Gasteiger charge is -2.55. The number of nitrogens with zero attached hydrogens (tertiary/aromatic N) is 2. The lowest BCUT2D eigenvalue weighted by molar-refractivity contribution is -0.149. The van der Waals surface area contributed by atoms with Gasteiger partial charge in [-0.3, -0.25) is 4.79 Å². The number of alkyl carbamates (subject to hydrolysis) is 1. The molecule has 3 aliphatic carbocycles. The normalized spacial score (nSPS) is 43.6. The van der Waals surface area contributed by atoms with Gasteiger partial charge in [0.15, 0.2) is 0 Å². The van der Waals surface area contributed by atoms with Crippen molar-refractivity contribution in [3.05, 3.63) is 0 Å². The third-order valence-corrected chi connectivity index (χ3v) is 8.24. The van der Waals surface area contributed by atoms with Gasteiger partial charge in [-0.15, -0.1) is 0 Å². The third-order valence-electron chi connectivity index (χ3n) is 8.24. The second kappa shape index (κ2) is 7.62. The first-order valence-electron chi connectivity index (χ1n) is 12.2. The maximum absolute atomic E-state index is 14.1. The van der Waals surface area contributed by atoms with Crippen LogP contribution in [0.15, 0.2) is 0 Å². The summed E-state index contributed by atoms with van der Waals surface area (Å²) in [5, 5.41) is 23.8. The molecule has 2 N–H and O–H groups in total. The highest BCUT2D eigenvalue weighted by Gasteiger charge is 2.63. The van der Waals surface area contributed by atoms with Gasteiger partial charge in [0.05, 0.1) is 11.7 Å². The van der Waals surface area contributed by atoms with Gasteiger partial charge < -0.3 is 20.1 Å². The van der Waals surface area contributed by atoms with Crippen LogP contribution in [-0.4, -0.2) is 51.3 Å². The van der Waals surface area contributed by atoms with Gasteiger partial charge in [-0.2, -0.15) is 5.26 Å². The quantitative estimate of drug-likeness (QED) is 0.691. The van der Waals surface area contributed by atoms with Crippen molar-refractivity contribution in [3.8, 4) is 6.07 Å². The fraction of sp³-hybridized carbons (Fsp3) is 0.880. The highest BCUT2D eigenvalue weighted by Crippen LogP contribution is 2.58. The topological polar surface area (TPSA) is 103 Å². The Kier molecular flexibility index (Phi) is 5.56. The number of ether oxygens (including phenoxy) is 1. The van der Waals surface area contributed by atoms with E-state index in [1.165, 1.54) is 0 Å². The van der Waals surface area contributed by atoms with Crippen LogP contribution >= 0.6 is 0 Å². The Morgan fingerprint density at radius 1 is 1.22 bits per heavy atom. The average Bonchev–Trinajstić information content (AvgIpc) is 3.07. The fourth-order valence-electron chi connectivity index (χ4n) is 7.56. The van der Waals surface area contributed by atoms with Crippen LogP contribution in [-0.2, 0) is 9.53 Å². The van der Waals surface area contributed by atoms with Crippen LogP contribution in [0.3, 0.4) is 0 Å². The van der Waals surface area contributed by atoms with E-state index in [9.17, 15) is 20.0 Å². The molecule has 32 heavy (non-hydrogen) atoms. The van der Waals surface area contributed by atoms with Crippen molar-refractivity contribution in [3.63, 3.8) is 0 Å². The second-order valence-corrected chi connectivity index (χ2v) is 12.6. The highest BCUT2D eigenvalue weighted by atomic mass is 16.6. The number of carbonyl (C=O) groups excluding carboxylic acids is 2. The zero-order valence-electron chi connectivity index (χ0n) is 20.4. The van der Waals surface area contributed by atoms with Crippen molar-refractivity contribution in [1.82, 2.24) is 10.2 Å². The summed E-state index contributed by atoms with van der Waals surface area (Å²) in [5.41, 5.74) is -2.12. The smallest absolute Gasteiger partial charge is 0.408 e. The van der Waals surface area contributed by atoms with E-state index >= 15 is 0 Å². The number of nitriles is 1. The Bertz CT molecular complexity index is 824. The molecule has 2 bridgehead atoms. The molecule has 178 valence electrons. The Morgan fingerprint density at radius 3 is 2.53 bits per heavy atom. The number of amides is 2. The summed E-state index contributed by atoms with van der Waals surface area (Å²) in [7, 11) is 0. The molecule has 0 aromatic rings. The van der Waals surface area contributed by atoms with Crippen molar-refractivity contribution >= 4 is 12.0 Å². The van der Waals surface area contributed by atoms with Crippen molar-refractivity contribution in [2.75, 3.05) is 0 Å². The number of nitrogens with one attached hydrogen (secondary N) is 1. The first-order valence-corrected chi connectivity index (χ1v) is 12.2. The Morgan fingerprint density at radius 2 is 1.91 bits per heavy atom. The van der Waals surface area contributed by atoms with Gasteiger partial charge in [0.1, 0.15) is 17.7 Å². The largest absolute Gasteiger partial charge is 0.444 e. The number of rotatable bonds is 3. The van der Waals surface area contributed by atoms with E-state index in [0.717, 1.165) is 25.7 Å². The van der Waals surface area contributed by atoms with Crippen molar-refractivity contribution in [1.29, 1.82) is 5.26 Å². The number of fused-ring (bicyclic) bond motifs is 3. The summed E-state index contributed by atoms with van der Waals surface area (Å²) in [6, 6.07) is 1.13. The minimum absolute atomic E-state index is 0.0763. The molecule has 4 unspecified atom stereocenters. The summed E-state index contributed by atoms with van der Waals surface area (Å²) in [6.45, 7) is 11.6. The van der Waals surface area contributed by atoms with E-state index in [1.807, 2.05) is 6.92 Å². The molecule has 3 saturated carbocycles. The first-order chi connectivity index (χ1) is 14.8. The summed E-state index contributed by atoms with van der Waals surface area (Å²) >= 11 is 0. The van der Waals surface area contributed by atoms with E-state index in [1.54, 1.807) is 25.7 Å². The number of aliphatic hydroxyl groups is 1. The van der Waals surface area contributed by atoms with Gasteiger partial charge in [0.25, 0.3) is 0 Å². The molecule has 4 aliphatic rings. The molecular formula is C25H39N3O4. The lowest BCUT2D eigenvalue weighted by atomic mass is 9.53. The highest BCUT2D eigenvalue weighted by molar-refractivity contribution is 5.88. The van der Waals surface area contributed by atoms with E-state index in [-0.39, 0.29) is 11.9 Å². The van der Waals surface area contributed by atoms with Crippen molar-refractivity contribution in [2.45, 2.75) is 109 Å². The number of hydrogen-bond acceptors (Lipinski definition) is 5. The average molecular weight is 446 g/mol. The standard InChI is InChI=1S/C25H39N3O4/c1-14-7-16-10-24(6,31)13-25(9-14,11-16)20(27-22(30)32-23(3,4)5)21(29)28-17(12-26)8-18-15(2)19(18)28/h14-20,31H,7-11,13H2,1-6H3,(H,27,30)/t14?,15-,16?,17-,18+,19-,20+,24?,25?/m0/s1. The minimum atomic E-state index is -0.883. The maximum Gasteiger partial charge on any atom is 0.408 e. The van der Waals surface area contributed by atoms with E-state index < -0.39 is 34.8 Å². The van der Waals surface area contributed by atoms with Gasteiger partial charge in [-0.25, -0.2) is 4.79 Å².